The molecule has 2 aliphatic carbocycles. The zero-order chi connectivity index (χ0) is 22.7. The van der Waals surface area contributed by atoms with Gasteiger partial charge in [-0.3, -0.25) is 0 Å². The van der Waals surface area contributed by atoms with Gasteiger partial charge in [-0.1, -0.05) is 31.0 Å². The second-order valence-corrected chi connectivity index (χ2v) is 9.96. The number of nitrogens with one attached hydrogen (secondary N) is 1. The van der Waals surface area contributed by atoms with Crippen LogP contribution in [0, 0.1) is 5.92 Å². The van der Waals surface area contributed by atoms with Crippen molar-refractivity contribution in [3.8, 4) is 5.75 Å². The molecule has 1 aliphatic heterocycles. The van der Waals surface area contributed by atoms with Gasteiger partial charge in [0, 0.05) is 24.3 Å². The highest BCUT2D eigenvalue weighted by molar-refractivity contribution is 5.67. The molecule has 1 heterocycles. The van der Waals surface area contributed by atoms with Gasteiger partial charge in [-0.25, -0.2) is 0 Å². The Morgan fingerprint density at radius 1 is 1.03 bits per heavy atom. The van der Waals surface area contributed by atoms with Crippen LogP contribution < -0.4 is 10.1 Å². The van der Waals surface area contributed by atoms with Gasteiger partial charge < -0.3 is 24.4 Å². The van der Waals surface area contributed by atoms with Crippen LogP contribution in [0.5, 0.6) is 5.75 Å². The monoisotopic (exact) mass is 450 g/mol. The van der Waals surface area contributed by atoms with Crippen molar-refractivity contribution in [1.29, 1.82) is 0 Å². The third-order valence-corrected chi connectivity index (χ3v) is 8.20. The molecule has 2 fully saturated rings. The summed E-state index contributed by atoms with van der Waals surface area (Å²) in [6.45, 7) is 3.49. The third kappa shape index (κ3) is 4.51. The van der Waals surface area contributed by atoms with Crippen LogP contribution in [-0.2, 0) is 21.3 Å². The molecule has 2 bridgehead atoms. The topological polar surface area (TPSA) is 43.0 Å². The summed E-state index contributed by atoms with van der Waals surface area (Å²) in [5.41, 5.74) is 5.72. The molecule has 5 heteroatoms. The van der Waals surface area contributed by atoms with E-state index in [-0.39, 0.29) is 0 Å². The fraction of sp³-hybridized carbons (Fsp3) is 0.571. The van der Waals surface area contributed by atoms with Crippen LogP contribution in [0.15, 0.2) is 42.5 Å². The highest BCUT2D eigenvalue weighted by Gasteiger charge is 2.53. The maximum Gasteiger partial charge on any atom is 0.142 e. The number of benzene rings is 2. The van der Waals surface area contributed by atoms with E-state index in [0.29, 0.717) is 37.9 Å². The van der Waals surface area contributed by atoms with Gasteiger partial charge in [-0.15, -0.1) is 0 Å². The molecule has 178 valence electrons. The first-order valence-electron chi connectivity index (χ1n) is 12.6. The molecule has 2 aromatic rings. The highest BCUT2D eigenvalue weighted by Crippen LogP contribution is 2.55. The Labute approximate surface area is 198 Å². The van der Waals surface area contributed by atoms with Crippen molar-refractivity contribution in [3.05, 3.63) is 53.6 Å². The summed E-state index contributed by atoms with van der Waals surface area (Å²) in [7, 11) is 4.02. The molecule has 0 spiro atoms. The van der Waals surface area contributed by atoms with Crippen LogP contribution in [-0.4, -0.2) is 58.1 Å². The number of likely N-dealkylation sites (tertiary alicyclic amines) is 1. The maximum absolute atomic E-state index is 6.03. The summed E-state index contributed by atoms with van der Waals surface area (Å²) in [5.74, 6) is 1.67. The highest BCUT2D eigenvalue weighted by atomic mass is 16.5. The lowest BCUT2D eigenvalue weighted by Crippen LogP contribution is -2.59. The van der Waals surface area contributed by atoms with Gasteiger partial charge >= 0.3 is 0 Å². The normalized spacial score (nSPS) is 26.4. The third-order valence-electron chi connectivity index (χ3n) is 8.20. The number of methoxy groups -OCH3 is 1. The quantitative estimate of drug-likeness (QED) is 0.535. The Morgan fingerprint density at radius 3 is 2.82 bits per heavy atom. The number of para-hydroxylation sites is 2. The number of hydrogen-bond donors (Lipinski definition) is 1. The Hall–Kier alpha value is -2.08. The molecular formula is C28H38N2O3. The summed E-state index contributed by atoms with van der Waals surface area (Å²) in [5, 5.41) is 3.66. The molecule has 1 saturated heterocycles. The number of ether oxygens (including phenoxy) is 3. The largest absolute Gasteiger partial charge is 0.489 e. The zero-order valence-corrected chi connectivity index (χ0v) is 20.1. The lowest BCUT2D eigenvalue weighted by Gasteiger charge is -2.58. The molecule has 0 radical (unpaired) electrons. The fourth-order valence-corrected chi connectivity index (χ4v) is 6.58. The van der Waals surface area contributed by atoms with E-state index in [1.54, 1.807) is 18.2 Å². The average Bonchev–Trinajstić information content (AvgIpc) is 2.85. The van der Waals surface area contributed by atoms with Crippen molar-refractivity contribution in [2.24, 2.45) is 5.92 Å². The fourth-order valence-electron chi connectivity index (χ4n) is 6.58. The SMILES string of the molecule is COCCOCCOc1ccccc1Nc1ccc2c(c1)C13CCCC[C@H]1[C@@H](C2)N(C)CC3. The van der Waals surface area contributed by atoms with Gasteiger partial charge in [0.05, 0.1) is 25.5 Å². The first-order chi connectivity index (χ1) is 16.2. The van der Waals surface area contributed by atoms with Gasteiger partial charge in [-0.2, -0.15) is 0 Å². The van der Waals surface area contributed by atoms with Gasteiger partial charge in [0.15, 0.2) is 0 Å². The number of piperidine rings is 1. The van der Waals surface area contributed by atoms with E-state index in [4.69, 9.17) is 14.2 Å². The maximum atomic E-state index is 6.03. The summed E-state index contributed by atoms with van der Waals surface area (Å²) in [6, 6.07) is 16.0. The first-order valence-corrected chi connectivity index (χ1v) is 12.6. The molecule has 0 aromatic heterocycles. The second-order valence-electron chi connectivity index (χ2n) is 9.96. The molecule has 0 amide bonds. The predicted octanol–water partition coefficient (Wildman–Crippen LogP) is 5.16. The minimum absolute atomic E-state index is 0.371. The molecule has 3 aliphatic rings. The lowest BCUT2D eigenvalue weighted by molar-refractivity contribution is 0.00290. The molecule has 1 N–H and O–H groups in total. The van der Waals surface area contributed by atoms with Gasteiger partial charge in [0.25, 0.3) is 0 Å². The Kier molecular flexibility index (Phi) is 6.91. The van der Waals surface area contributed by atoms with E-state index in [9.17, 15) is 0 Å². The standard InChI is InChI=1S/C28H38N2O3/c1-30-14-13-28-12-6-5-7-23(28)26(30)19-21-10-11-22(20-24(21)28)29-25-8-3-4-9-27(25)33-18-17-32-16-15-31-2/h3-4,8-11,20,23,26,29H,5-7,12-19H2,1-2H3/t23-,26+,28?/m0/s1. The van der Waals surface area contributed by atoms with Crippen LogP contribution in [0.3, 0.4) is 0 Å². The van der Waals surface area contributed by atoms with Gasteiger partial charge in [-0.05, 0) is 80.6 Å². The van der Waals surface area contributed by atoms with Crippen molar-refractivity contribution in [2.45, 2.75) is 50.0 Å². The number of likely N-dealkylation sites (N-methyl/N-ethyl adjacent to an activating group) is 1. The molecule has 2 aromatic carbocycles. The molecule has 5 rings (SSSR count). The number of fused-ring (bicyclic) bond motifs is 1. The zero-order valence-electron chi connectivity index (χ0n) is 20.1. The molecule has 33 heavy (non-hydrogen) atoms. The summed E-state index contributed by atoms with van der Waals surface area (Å²) in [6.07, 6.45) is 7.98. The van der Waals surface area contributed by atoms with E-state index < -0.39 is 0 Å². The summed E-state index contributed by atoms with van der Waals surface area (Å²) < 4.78 is 16.6. The van der Waals surface area contributed by atoms with E-state index >= 15 is 0 Å². The molecular weight excluding hydrogens is 412 g/mol. The van der Waals surface area contributed by atoms with Crippen molar-refractivity contribution in [2.75, 3.05) is 52.4 Å². The summed E-state index contributed by atoms with van der Waals surface area (Å²) in [4.78, 5) is 2.63. The number of rotatable bonds is 9. The minimum Gasteiger partial charge on any atom is -0.489 e. The summed E-state index contributed by atoms with van der Waals surface area (Å²) >= 11 is 0. The van der Waals surface area contributed by atoms with Gasteiger partial charge in [0.1, 0.15) is 12.4 Å². The molecule has 3 atom stereocenters. The smallest absolute Gasteiger partial charge is 0.142 e. The van der Waals surface area contributed by atoms with Crippen LogP contribution >= 0.6 is 0 Å². The van der Waals surface area contributed by atoms with E-state index in [1.165, 1.54) is 45.1 Å². The second kappa shape index (κ2) is 10.0. The van der Waals surface area contributed by atoms with E-state index in [2.05, 4.69) is 47.6 Å². The number of hydrogen-bond acceptors (Lipinski definition) is 5. The van der Waals surface area contributed by atoms with Crippen LogP contribution in [0.1, 0.15) is 43.2 Å². The van der Waals surface area contributed by atoms with Gasteiger partial charge in [0.2, 0.25) is 0 Å². The van der Waals surface area contributed by atoms with E-state index in [1.807, 2.05) is 12.1 Å². The van der Waals surface area contributed by atoms with Crippen LogP contribution in [0.4, 0.5) is 11.4 Å². The van der Waals surface area contributed by atoms with Crippen molar-refractivity contribution >= 4 is 11.4 Å². The molecule has 1 saturated carbocycles. The first kappa shape index (κ1) is 22.7. The Balaban J connectivity index is 1.34. The number of nitrogens with zero attached hydrogens (tertiary/aromatic N) is 1. The molecule has 5 nitrogen and oxygen atoms in total. The van der Waals surface area contributed by atoms with Crippen LogP contribution in [0.25, 0.3) is 0 Å². The predicted molar refractivity (Wildman–Crippen MR) is 133 cm³/mol. The van der Waals surface area contributed by atoms with Crippen molar-refractivity contribution in [1.82, 2.24) is 4.90 Å². The Bertz CT molecular complexity index is 948. The van der Waals surface area contributed by atoms with E-state index in [0.717, 1.165) is 23.0 Å². The minimum atomic E-state index is 0.371. The number of anilines is 2. The molecule has 1 unspecified atom stereocenters. The van der Waals surface area contributed by atoms with Crippen molar-refractivity contribution < 1.29 is 14.2 Å². The lowest BCUT2D eigenvalue weighted by atomic mass is 9.52. The van der Waals surface area contributed by atoms with Crippen LogP contribution in [0.2, 0.25) is 0 Å². The van der Waals surface area contributed by atoms with Crippen molar-refractivity contribution in [3.63, 3.8) is 0 Å². The Morgan fingerprint density at radius 2 is 1.91 bits per heavy atom. The average molecular weight is 451 g/mol.